The van der Waals surface area contributed by atoms with E-state index in [0.29, 0.717) is 5.69 Å². The van der Waals surface area contributed by atoms with Crippen LogP contribution >= 0.6 is 11.3 Å². The molecule has 1 amide bonds. The summed E-state index contributed by atoms with van der Waals surface area (Å²) in [5.41, 5.74) is 4.93. The third-order valence-corrected chi connectivity index (χ3v) is 4.43. The Hall–Kier alpha value is -2.41. The molecule has 3 aromatic rings. The van der Waals surface area contributed by atoms with Crippen molar-refractivity contribution in [2.75, 3.05) is 0 Å². The van der Waals surface area contributed by atoms with Crippen LogP contribution in [0.15, 0.2) is 35.4 Å². The van der Waals surface area contributed by atoms with Crippen molar-refractivity contribution in [1.29, 1.82) is 0 Å². The second kappa shape index (κ2) is 5.17. The Kier molecular flexibility index (Phi) is 3.34. The molecule has 0 bridgehead atoms. The van der Waals surface area contributed by atoms with E-state index in [-0.39, 0.29) is 5.91 Å². The van der Waals surface area contributed by atoms with Crippen LogP contribution in [0.4, 0.5) is 0 Å². The fraction of sp³-hybridized carbons (Fsp3) is 0.214. The van der Waals surface area contributed by atoms with Gasteiger partial charge in [0.15, 0.2) is 5.69 Å². The van der Waals surface area contributed by atoms with Crippen LogP contribution in [-0.4, -0.2) is 20.3 Å². The first-order chi connectivity index (χ1) is 10.1. The molecule has 0 atom stereocenters. The van der Waals surface area contributed by atoms with Gasteiger partial charge < -0.3 is 4.57 Å². The topological polar surface area (TPSA) is 64.2 Å². The van der Waals surface area contributed by atoms with E-state index >= 15 is 0 Å². The minimum Gasteiger partial charge on any atom is -0.318 e. The molecule has 2 aromatic heterocycles. The molecule has 0 aliphatic heterocycles. The second-order valence-electron chi connectivity index (χ2n) is 4.76. The van der Waals surface area contributed by atoms with Crippen molar-refractivity contribution in [3.05, 3.63) is 46.5 Å². The molecule has 108 valence electrons. The number of hydrogen-bond acceptors (Lipinski definition) is 4. The van der Waals surface area contributed by atoms with Gasteiger partial charge in [0.1, 0.15) is 0 Å². The van der Waals surface area contributed by atoms with Crippen molar-refractivity contribution in [1.82, 2.24) is 19.8 Å². The van der Waals surface area contributed by atoms with Crippen LogP contribution in [0.25, 0.3) is 10.2 Å². The van der Waals surface area contributed by atoms with Gasteiger partial charge in [0, 0.05) is 19.8 Å². The molecule has 0 spiro atoms. The van der Waals surface area contributed by atoms with Gasteiger partial charge in [-0.3, -0.25) is 9.48 Å². The fourth-order valence-electron chi connectivity index (χ4n) is 2.02. The molecular weight excluding hydrogens is 286 g/mol. The standard InChI is InChI=1S/C14H15N5OS/c1-9-8-10(17-19(9)3)13(20)15-16-14-18(2)11-6-4-5-7-12(11)21-14/h4-8H,1-3H3,(H,15,20). The van der Waals surface area contributed by atoms with Crippen LogP contribution in [0.2, 0.25) is 0 Å². The summed E-state index contributed by atoms with van der Waals surface area (Å²) in [6.07, 6.45) is 0. The number of fused-ring (bicyclic) bond motifs is 1. The van der Waals surface area contributed by atoms with Gasteiger partial charge in [0.2, 0.25) is 4.80 Å². The summed E-state index contributed by atoms with van der Waals surface area (Å²) in [6.45, 7) is 1.90. The Labute approximate surface area is 125 Å². The number of nitrogens with zero attached hydrogens (tertiary/aromatic N) is 4. The number of rotatable bonds is 2. The molecule has 0 unspecified atom stereocenters. The van der Waals surface area contributed by atoms with Gasteiger partial charge >= 0.3 is 0 Å². The number of carbonyl (C=O) groups is 1. The van der Waals surface area contributed by atoms with Gasteiger partial charge in [0.05, 0.1) is 10.2 Å². The lowest BCUT2D eigenvalue weighted by molar-refractivity contribution is 0.0947. The molecule has 6 nitrogen and oxygen atoms in total. The van der Waals surface area contributed by atoms with Crippen LogP contribution in [0, 0.1) is 6.92 Å². The summed E-state index contributed by atoms with van der Waals surface area (Å²) < 4.78 is 4.74. The van der Waals surface area contributed by atoms with E-state index in [1.807, 2.05) is 42.8 Å². The van der Waals surface area contributed by atoms with Crippen molar-refractivity contribution in [2.45, 2.75) is 6.92 Å². The van der Waals surface area contributed by atoms with Crippen molar-refractivity contribution < 1.29 is 4.79 Å². The smallest absolute Gasteiger partial charge is 0.291 e. The molecule has 2 heterocycles. The van der Waals surface area contributed by atoms with Gasteiger partial charge in [-0.2, -0.15) is 5.10 Å². The van der Waals surface area contributed by atoms with Crippen LogP contribution < -0.4 is 10.2 Å². The first kappa shape index (κ1) is 13.6. The number of aryl methyl sites for hydroxylation is 3. The van der Waals surface area contributed by atoms with E-state index in [1.54, 1.807) is 17.8 Å². The normalized spacial score (nSPS) is 12.0. The maximum Gasteiger partial charge on any atom is 0.291 e. The number of nitrogens with one attached hydrogen (secondary N) is 1. The zero-order chi connectivity index (χ0) is 15.0. The van der Waals surface area contributed by atoms with Crippen LogP contribution in [0.5, 0.6) is 0 Å². The number of aromatic nitrogens is 3. The van der Waals surface area contributed by atoms with Crippen molar-refractivity contribution in [3.8, 4) is 0 Å². The SMILES string of the molecule is Cc1cc(C(=O)NN=c2sc3ccccc3n2C)nn1C. The maximum atomic E-state index is 12.0. The fourth-order valence-corrected chi connectivity index (χ4v) is 3.00. The Morgan fingerprint density at radius 1 is 1.33 bits per heavy atom. The lowest BCUT2D eigenvalue weighted by atomic mass is 10.3. The molecule has 0 aliphatic rings. The zero-order valence-electron chi connectivity index (χ0n) is 12.0. The molecule has 0 radical (unpaired) electrons. The van der Waals surface area contributed by atoms with Gasteiger partial charge in [-0.1, -0.05) is 23.5 Å². The quantitative estimate of drug-likeness (QED) is 0.730. The summed E-state index contributed by atoms with van der Waals surface area (Å²) in [5.74, 6) is -0.309. The highest BCUT2D eigenvalue weighted by Gasteiger charge is 2.10. The molecular formula is C14H15N5OS. The molecule has 0 aliphatic carbocycles. The molecule has 0 saturated carbocycles. The monoisotopic (exact) mass is 301 g/mol. The van der Waals surface area contributed by atoms with Crippen molar-refractivity contribution in [2.24, 2.45) is 19.2 Å². The molecule has 1 N–H and O–H groups in total. The average molecular weight is 301 g/mol. The van der Waals surface area contributed by atoms with E-state index in [4.69, 9.17) is 0 Å². The number of hydrogen-bond donors (Lipinski definition) is 1. The zero-order valence-corrected chi connectivity index (χ0v) is 12.8. The van der Waals surface area contributed by atoms with E-state index in [1.165, 1.54) is 11.3 Å². The predicted molar refractivity (Wildman–Crippen MR) is 81.8 cm³/mol. The summed E-state index contributed by atoms with van der Waals surface area (Å²) in [7, 11) is 3.73. The molecule has 0 fully saturated rings. The summed E-state index contributed by atoms with van der Waals surface area (Å²) in [6, 6.07) is 9.75. The van der Waals surface area contributed by atoms with Crippen molar-refractivity contribution in [3.63, 3.8) is 0 Å². The number of thiazole rings is 1. The minimum absolute atomic E-state index is 0.309. The van der Waals surface area contributed by atoms with Gasteiger partial charge in [-0.25, -0.2) is 5.43 Å². The number of benzene rings is 1. The summed E-state index contributed by atoms with van der Waals surface area (Å²) in [5, 5.41) is 8.32. The Balaban J connectivity index is 1.91. The number of para-hydroxylation sites is 1. The van der Waals surface area contributed by atoms with Crippen LogP contribution in [0.1, 0.15) is 16.2 Å². The number of amides is 1. The summed E-state index contributed by atoms with van der Waals surface area (Å²) in [4.78, 5) is 12.8. The Morgan fingerprint density at radius 3 is 2.76 bits per heavy atom. The van der Waals surface area contributed by atoms with Gasteiger partial charge in [-0.15, -0.1) is 5.10 Å². The summed E-state index contributed by atoms with van der Waals surface area (Å²) >= 11 is 1.53. The lowest BCUT2D eigenvalue weighted by Crippen LogP contribution is -2.23. The molecule has 7 heteroatoms. The Bertz CT molecular complexity index is 867. The second-order valence-corrected chi connectivity index (χ2v) is 5.77. The van der Waals surface area contributed by atoms with E-state index in [0.717, 1.165) is 20.7 Å². The predicted octanol–water partition coefficient (Wildman–Crippen LogP) is 1.53. The highest BCUT2D eigenvalue weighted by Crippen LogP contribution is 2.14. The van der Waals surface area contributed by atoms with E-state index < -0.39 is 0 Å². The van der Waals surface area contributed by atoms with Gasteiger partial charge in [0.25, 0.3) is 5.91 Å². The van der Waals surface area contributed by atoms with E-state index in [2.05, 4.69) is 15.6 Å². The third kappa shape index (κ3) is 2.47. The maximum absolute atomic E-state index is 12.0. The first-order valence-electron chi connectivity index (χ1n) is 6.45. The largest absolute Gasteiger partial charge is 0.318 e. The van der Waals surface area contributed by atoms with Crippen molar-refractivity contribution >= 4 is 27.5 Å². The highest BCUT2D eigenvalue weighted by atomic mass is 32.1. The van der Waals surface area contributed by atoms with Crippen LogP contribution in [-0.2, 0) is 14.1 Å². The number of carbonyl (C=O) groups excluding carboxylic acids is 1. The highest BCUT2D eigenvalue weighted by molar-refractivity contribution is 7.16. The molecule has 3 rings (SSSR count). The molecule has 0 saturated heterocycles. The molecule has 1 aromatic carbocycles. The van der Waals surface area contributed by atoms with E-state index in [9.17, 15) is 4.79 Å². The van der Waals surface area contributed by atoms with Gasteiger partial charge in [-0.05, 0) is 25.1 Å². The average Bonchev–Trinajstić information content (AvgIpc) is 2.98. The minimum atomic E-state index is -0.309. The van der Waals surface area contributed by atoms with Crippen LogP contribution in [0.3, 0.4) is 0 Å². The lowest BCUT2D eigenvalue weighted by Gasteiger charge is -1.96. The molecule has 21 heavy (non-hydrogen) atoms. The first-order valence-corrected chi connectivity index (χ1v) is 7.27. The Morgan fingerprint density at radius 2 is 2.10 bits per heavy atom. The third-order valence-electron chi connectivity index (χ3n) is 3.31.